The number of rotatable bonds is 6. The number of ether oxygens (including phenoxy) is 2. The Morgan fingerprint density at radius 2 is 2.12 bits per heavy atom. The summed E-state index contributed by atoms with van der Waals surface area (Å²) in [4.78, 5) is 15.2. The second-order valence-corrected chi connectivity index (χ2v) is 7.56. The number of nitrogens with one attached hydrogen (secondary N) is 2. The molecular weight excluding hydrogens is 382 g/mol. The molecule has 1 aliphatic heterocycles. The van der Waals surface area contributed by atoms with Crippen LogP contribution in [0.25, 0.3) is 0 Å². The van der Waals surface area contributed by atoms with Gasteiger partial charge in [-0.2, -0.15) is 4.99 Å². The van der Waals surface area contributed by atoms with E-state index in [1.165, 1.54) is 7.11 Å². The summed E-state index contributed by atoms with van der Waals surface area (Å²) in [6, 6.07) is 5.20. The Balaban J connectivity index is 2.36. The van der Waals surface area contributed by atoms with Crippen LogP contribution in [0.4, 0.5) is 0 Å². The normalized spacial score (nSPS) is 14.3. The molecule has 0 radical (unpaired) electrons. The molecular formula is C16H18ClN3O5S. The number of nitrogens with zero attached hydrogens (tertiary/aromatic N) is 1. The van der Waals surface area contributed by atoms with Crippen molar-refractivity contribution in [1.29, 1.82) is 0 Å². The molecule has 1 aromatic carbocycles. The maximum absolute atomic E-state index is 11.8. The van der Waals surface area contributed by atoms with Crippen molar-refractivity contribution in [3.05, 3.63) is 46.1 Å². The summed E-state index contributed by atoms with van der Waals surface area (Å²) in [7, 11) is -2.15. The van der Waals surface area contributed by atoms with Crippen LogP contribution in [0.3, 0.4) is 0 Å². The van der Waals surface area contributed by atoms with Gasteiger partial charge in [0.2, 0.25) is 15.0 Å². The lowest BCUT2D eigenvalue weighted by Gasteiger charge is -2.21. The number of benzene rings is 1. The van der Waals surface area contributed by atoms with Crippen LogP contribution in [0.15, 0.2) is 40.5 Å². The second kappa shape index (κ2) is 8.27. The number of amidine groups is 1. The first-order valence-electron chi connectivity index (χ1n) is 7.54. The number of methoxy groups -OCH3 is 1. The third kappa shape index (κ3) is 4.57. The van der Waals surface area contributed by atoms with Gasteiger partial charge in [-0.15, -0.1) is 0 Å². The number of hydrogen-bond acceptors (Lipinski definition) is 8. The van der Waals surface area contributed by atoms with Crippen LogP contribution < -0.4 is 15.4 Å². The fourth-order valence-electron chi connectivity index (χ4n) is 2.12. The minimum atomic E-state index is -3.67. The first kappa shape index (κ1) is 19.8. The Labute approximate surface area is 156 Å². The number of carbonyl (C=O) groups excluding carboxylic acids is 1. The lowest BCUT2D eigenvalue weighted by Crippen LogP contribution is -2.37. The highest BCUT2D eigenvalue weighted by Gasteiger charge is 2.27. The molecule has 1 aliphatic rings. The van der Waals surface area contributed by atoms with E-state index in [2.05, 4.69) is 15.6 Å². The molecule has 0 aliphatic carbocycles. The quantitative estimate of drug-likeness (QED) is 0.695. The van der Waals surface area contributed by atoms with Gasteiger partial charge in [-0.1, -0.05) is 17.7 Å². The Morgan fingerprint density at radius 3 is 2.65 bits per heavy atom. The Kier molecular flexibility index (Phi) is 6.31. The summed E-state index contributed by atoms with van der Waals surface area (Å²) in [5.74, 6) is 2.38. The van der Waals surface area contributed by atoms with Gasteiger partial charge in [-0.25, -0.2) is 13.2 Å². The van der Waals surface area contributed by atoms with E-state index >= 15 is 0 Å². The molecule has 2 N–H and O–H groups in total. The van der Waals surface area contributed by atoms with Crippen LogP contribution in [0.1, 0.15) is 12.5 Å². The predicted octanol–water partition coefficient (Wildman–Crippen LogP) is 1.36. The number of sulfone groups is 1. The number of aliphatic imine (C=N–C) groups is 1. The molecule has 0 aromatic heterocycles. The van der Waals surface area contributed by atoms with Crippen LogP contribution in [-0.4, -0.2) is 39.5 Å². The summed E-state index contributed by atoms with van der Waals surface area (Å²) in [6.45, 7) is 2.25. The van der Waals surface area contributed by atoms with Crippen LogP contribution in [0, 0.1) is 0 Å². The third-order valence-corrected chi connectivity index (χ3v) is 4.50. The molecule has 0 saturated carbocycles. The summed E-state index contributed by atoms with van der Waals surface area (Å²) in [5, 5.41) is 5.46. The lowest BCUT2D eigenvalue weighted by atomic mass is 10.2. The summed E-state index contributed by atoms with van der Waals surface area (Å²) < 4.78 is 34.1. The molecule has 140 valence electrons. The van der Waals surface area contributed by atoms with Crippen molar-refractivity contribution in [2.45, 2.75) is 13.5 Å². The zero-order valence-electron chi connectivity index (χ0n) is 14.4. The van der Waals surface area contributed by atoms with Gasteiger partial charge < -0.3 is 20.1 Å². The van der Waals surface area contributed by atoms with Crippen molar-refractivity contribution in [3.8, 4) is 5.75 Å². The van der Waals surface area contributed by atoms with Gasteiger partial charge in [-0.05, 0) is 24.6 Å². The summed E-state index contributed by atoms with van der Waals surface area (Å²) in [6.07, 6.45) is 0.980. The second-order valence-electron chi connectivity index (χ2n) is 5.22. The van der Waals surface area contributed by atoms with E-state index in [-0.39, 0.29) is 35.6 Å². The Hall–Kier alpha value is -2.48. The molecule has 0 spiro atoms. The van der Waals surface area contributed by atoms with E-state index in [1.807, 2.05) is 0 Å². The minimum Gasteiger partial charge on any atom is -0.495 e. The van der Waals surface area contributed by atoms with Gasteiger partial charge in [-0.3, -0.25) is 0 Å². The van der Waals surface area contributed by atoms with E-state index in [0.717, 1.165) is 11.8 Å². The van der Waals surface area contributed by atoms with E-state index in [4.69, 9.17) is 21.1 Å². The Bertz CT molecular complexity index is 918. The highest BCUT2D eigenvalue weighted by Crippen LogP contribution is 2.25. The zero-order chi connectivity index (χ0) is 19.3. The lowest BCUT2D eigenvalue weighted by molar-refractivity contribution is 0.228. The topological polar surface area (TPSA) is 106 Å². The monoisotopic (exact) mass is 399 g/mol. The fraction of sp³-hybridized carbons (Fsp3) is 0.312. The smallest absolute Gasteiger partial charge is 0.227 e. The average Bonchev–Trinajstić information content (AvgIpc) is 2.60. The highest BCUT2D eigenvalue weighted by molar-refractivity contribution is 8.05. The predicted molar refractivity (Wildman–Crippen MR) is 98.1 cm³/mol. The zero-order valence-corrected chi connectivity index (χ0v) is 16.0. The fourth-order valence-corrected chi connectivity index (χ4v) is 2.95. The van der Waals surface area contributed by atoms with Gasteiger partial charge in [0, 0.05) is 12.8 Å². The standard InChI is InChI=1S/C16H18ClN3O5S/c1-4-25-14-12(9-21)19-16(26(3,22)23)20-15(14)18-8-10-5-6-13(24-2)11(17)7-10/h5-7,18H,4,8H2,1-3H3,(H,19,20). The molecule has 26 heavy (non-hydrogen) atoms. The molecule has 2 rings (SSSR count). The molecule has 0 amide bonds. The maximum atomic E-state index is 11.8. The third-order valence-electron chi connectivity index (χ3n) is 3.31. The Morgan fingerprint density at radius 1 is 1.38 bits per heavy atom. The van der Waals surface area contributed by atoms with E-state index in [9.17, 15) is 13.2 Å². The van der Waals surface area contributed by atoms with Crippen molar-refractivity contribution in [1.82, 2.24) is 10.6 Å². The van der Waals surface area contributed by atoms with Crippen LogP contribution in [0.5, 0.6) is 5.75 Å². The number of halogens is 1. The van der Waals surface area contributed by atoms with Crippen molar-refractivity contribution in [2.24, 2.45) is 4.99 Å². The van der Waals surface area contributed by atoms with Crippen LogP contribution >= 0.6 is 11.6 Å². The molecule has 0 atom stereocenters. The van der Waals surface area contributed by atoms with Crippen LogP contribution in [-0.2, 0) is 25.9 Å². The number of hydrogen-bond donors (Lipinski definition) is 2. The molecule has 10 heteroatoms. The SMILES string of the molecule is CCOC1=C(NCc2ccc(OC)c(Cl)c2)N=C(S(C)(=O)=O)NC1=C=O. The minimum absolute atomic E-state index is 0.0921. The largest absolute Gasteiger partial charge is 0.495 e. The molecule has 0 unspecified atom stereocenters. The van der Waals surface area contributed by atoms with Gasteiger partial charge in [0.15, 0.2) is 23.2 Å². The maximum Gasteiger partial charge on any atom is 0.227 e. The van der Waals surface area contributed by atoms with Crippen molar-refractivity contribution in [3.63, 3.8) is 0 Å². The average molecular weight is 400 g/mol. The first-order chi connectivity index (χ1) is 12.3. The van der Waals surface area contributed by atoms with Gasteiger partial charge in [0.1, 0.15) is 5.75 Å². The van der Waals surface area contributed by atoms with Gasteiger partial charge >= 0.3 is 0 Å². The summed E-state index contributed by atoms with van der Waals surface area (Å²) in [5.41, 5.74) is 0.656. The molecule has 1 heterocycles. The first-order valence-corrected chi connectivity index (χ1v) is 9.81. The summed E-state index contributed by atoms with van der Waals surface area (Å²) >= 11 is 6.10. The van der Waals surface area contributed by atoms with E-state index < -0.39 is 9.84 Å². The molecule has 8 nitrogen and oxygen atoms in total. The van der Waals surface area contributed by atoms with Gasteiger partial charge in [0.05, 0.1) is 18.7 Å². The molecule has 0 fully saturated rings. The van der Waals surface area contributed by atoms with Gasteiger partial charge in [0.25, 0.3) is 0 Å². The van der Waals surface area contributed by atoms with Crippen molar-refractivity contribution < 1.29 is 22.7 Å². The molecule has 0 saturated heterocycles. The van der Waals surface area contributed by atoms with Crippen molar-refractivity contribution in [2.75, 3.05) is 20.0 Å². The highest BCUT2D eigenvalue weighted by atomic mass is 35.5. The molecule has 0 bridgehead atoms. The molecule has 1 aromatic rings. The van der Waals surface area contributed by atoms with Crippen LogP contribution in [0.2, 0.25) is 5.02 Å². The van der Waals surface area contributed by atoms with E-state index in [0.29, 0.717) is 10.8 Å². The van der Waals surface area contributed by atoms with E-state index in [1.54, 1.807) is 31.1 Å². The van der Waals surface area contributed by atoms with Crippen molar-refractivity contribution >= 4 is 32.5 Å².